The molecule has 0 aliphatic heterocycles. The first-order valence-electron chi connectivity index (χ1n) is 15.2. The van der Waals surface area contributed by atoms with E-state index in [2.05, 4.69) is 56.5 Å². The number of ether oxygens (including phenoxy) is 1. The summed E-state index contributed by atoms with van der Waals surface area (Å²) in [5.41, 5.74) is 5.71. The number of aryl methyl sites for hydroxylation is 1. The highest BCUT2D eigenvalue weighted by atomic mass is 16.5. The molecule has 1 amide bonds. The number of fused-ring (bicyclic) bond motifs is 3. The maximum atomic E-state index is 13.7. The van der Waals surface area contributed by atoms with Crippen LogP contribution in [-0.4, -0.2) is 30.4 Å². The normalized spacial score (nSPS) is 25.1. The molecule has 1 saturated carbocycles. The molecule has 3 aromatic rings. The molecule has 2 unspecified atom stereocenters. The second kappa shape index (κ2) is 12.0. The Kier molecular flexibility index (Phi) is 8.58. The summed E-state index contributed by atoms with van der Waals surface area (Å²) < 4.78 is 5.26. The third-order valence-corrected chi connectivity index (χ3v) is 10.0. The Hall–Kier alpha value is -3.15. The average molecular weight is 555 g/mol. The minimum atomic E-state index is -0.820. The van der Waals surface area contributed by atoms with Crippen molar-refractivity contribution in [2.45, 2.75) is 89.8 Å². The van der Waals surface area contributed by atoms with Crippen LogP contribution >= 0.6 is 0 Å². The molecule has 0 radical (unpaired) electrons. The fourth-order valence-electron chi connectivity index (χ4n) is 7.61. The SMILES string of the molecule is COc1ccc(NC(=O)[C@@H](Cc2ccccc2)NC(O)[C@]2(C)CCC[C@]3(C)c4ccc(C(C)C)cc4CCC23)cc1. The van der Waals surface area contributed by atoms with Crippen molar-refractivity contribution in [2.75, 3.05) is 12.4 Å². The van der Waals surface area contributed by atoms with Crippen molar-refractivity contribution in [3.63, 3.8) is 0 Å². The molecular weight excluding hydrogens is 508 g/mol. The molecule has 2 aliphatic rings. The molecule has 5 atom stereocenters. The number of anilines is 1. The van der Waals surface area contributed by atoms with E-state index in [0.29, 0.717) is 23.9 Å². The molecule has 5 nitrogen and oxygen atoms in total. The second-order valence-electron chi connectivity index (χ2n) is 13.0. The molecule has 218 valence electrons. The molecule has 0 bridgehead atoms. The first kappa shape index (κ1) is 29.3. The van der Waals surface area contributed by atoms with Crippen LogP contribution in [0.5, 0.6) is 5.75 Å². The lowest BCUT2D eigenvalue weighted by molar-refractivity contribution is -0.123. The van der Waals surface area contributed by atoms with Crippen molar-refractivity contribution in [2.24, 2.45) is 11.3 Å². The second-order valence-corrected chi connectivity index (χ2v) is 13.0. The van der Waals surface area contributed by atoms with E-state index in [-0.39, 0.29) is 16.7 Å². The summed E-state index contributed by atoms with van der Waals surface area (Å²) in [5.74, 6) is 1.40. The van der Waals surface area contributed by atoms with E-state index < -0.39 is 12.3 Å². The zero-order valence-corrected chi connectivity index (χ0v) is 25.2. The summed E-state index contributed by atoms with van der Waals surface area (Å²) in [6.45, 7) is 9.16. The summed E-state index contributed by atoms with van der Waals surface area (Å²) in [6.07, 6.45) is 4.84. The smallest absolute Gasteiger partial charge is 0.241 e. The molecule has 2 aliphatic carbocycles. The van der Waals surface area contributed by atoms with Gasteiger partial charge in [0.05, 0.1) is 13.2 Å². The molecule has 3 aromatic carbocycles. The van der Waals surface area contributed by atoms with Crippen LogP contribution in [0.4, 0.5) is 5.69 Å². The van der Waals surface area contributed by atoms with Gasteiger partial charge < -0.3 is 15.2 Å². The van der Waals surface area contributed by atoms with Crippen molar-refractivity contribution in [3.05, 3.63) is 95.1 Å². The Morgan fingerprint density at radius 3 is 2.44 bits per heavy atom. The van der Waals surface area contributed by atoms with Gasteiger partial charge in [0.2, 0.25) is 5.91 Å². The minimum Gasteiger partial charge on any atom is -0.497 e. The number of benzene rings is 3. The summed E-state index contributed by atoms with van der Waals surface area (Å²) in [6, 6.07) is 23.9. The number of rotatable bonds is 9. The monoisotopic (exact) mass is 554 g/mol. The molecule has 0 spiro atoms. The Morgan fingerprint density at radius 1 is 1.02 bits per heavy atom. The van der Waals surface area contributed by atoms with Gasteiger partial charge in [0.1, 0.15) is 12.0 Å². The van der Waals surface area contributed by atoms with E-state index in [1.807, 2.05) is 54.6 Å². The number of aliphatic hydroxyl groups excluding tert-OH is 1. The molecular formula is C36H46N2O3. The van der Waals surface area contributed by atoms with Crippen LogP contribution in [0.25, 0.3) is 0 Å². The Bertz CT molecular complexity index is 1340. The van der Waals surface area contributed by atoms with Crippen LogP contribution < -0.4 is 15.4 Å². The Balaban J connectivity index is 1.39. The average Bonchev–Trinajstić information content (AvgIpc) is 2.97. The van der Waals surface area contributed by atoms with Gasteiger partial charge in [-0.1, -0.05) is 82.6 Å². The van der Waals surface area contributed by atoms with E-state index in [0.717, 1.165) is 43.4 Å². The quantitative estimate of drug-likeness (QED) is 0.250. The maximum Gasteiger partial charge on any atom is 0.241 e. The molecule has 5 heteroatoms. The molecule has 41 heavy (non-hydrogen) atoms. The summed E-state index contributed by atoms with van der Waals surface area (Å²) >= 11 is 0. The Labute approximate surface area is 245 Å². The summed E-state index contributed by atoms with van der Waals surface area (Å²) in [5, 5.41) is 18.5. The lowest BCUT2D eigenvalue weighted by atomic mass is 9.49. The number of hydrogen-bond acceptors (Lipinski definition) is 4. The number of hydrogen-bond donors (Lipinski definition) is 3. The van der Waals surface area contributed by atoms with Crippen LogP contribution in [0.2, 0.25) is 0 Å². The minimum absolute atomic E-state index is 0.000959. The van der Waals surface area contributed by atoms with Crippen molar-refractivity contribution in [1.29, 1.82) is 0 Å². The van der Waals surface area contributed by atoms with Crippen molar-refractivity contribution >= 4 is 11.6 Å². The third kappa shape index (κ3) is 5.93. The molecule has 3 N–H and O–H groups in total. The fourth-order valence-corrected chi connectivity index (χ4v) is 7.61. The van der Waals surface area contributed by atoms with Crippen molar-refractivity contribution in [1.82, 2.24) is 5.32 Å². The lowest BCUT2D eigenvalue weighted by Gasteiger charge is -2.57. The van der Waals surface area contributed by atoms with Gasteiger partial charge in [-0.05, 0) is 95.9 Å². The van der Waals surface area contributed by atoms with Crippen LogP contribution in [0.3, 0.4) is 0 Å². The number of methoxy groups -OCH3 is 1. The number of carbonyl (C=O) groups is 1. The van der Waals surface area contributed by atoms with Gasteiger partial charge in [0, 0.05) is 11.1 Å². The molecule has 0 saturated heterocycles. The predicted octanol–water partition coefficient (Wildman–Crippen LogP) is 6.99. The van der Waals surface area contributed by atoms with Gasteiger partial charge in [-0.15, -0.1) is 0 Å². The first-order valence-corrected chi connectivity index (χ1v) is 15.2. The highest BCUT2D eigenvalue weighted by molar-refractivity contribution is 5.95. The molecule has 0 aromatic heterocycles. The van der Waals surface area contributed by atoms with E-state index >= 15 is 0 Å². The largest absolute Gasteiger partial charge is 0.497 e. The van der Waals surface area contributed by atoms with Crippen molar-refractivity contribution in [3.8, 4) is 5.75 Å². The van der Waals surface area contributed by atoms with E-state index in [1.165, 1.54) is 16.7 Å². The highest BCUT2D eigenvalue weighted by Gasteiger charge is 2.54. The van der Waals surface area contributed by atoms with Crippen LogP contribution in [0, 0.1) is 11.3 Å². The molecule has 1 fully saturated rings. The Morgan fingerprint density at radius 2 is 1.76 bits per heavy atom. The van der Waals surface area contributed by atoms with E-state index in [4.69, 9.17) is 4.74 Å². The summed E-state index contributed by atoms with van der Waals surface area (Å²) in [4.78, 5) is 13.7. The third-order valence-electron chi connectivity index (χ3n) is 10.0. The molecule has 5 rings (SSSR count). The number of carbonyl (C=O) groups excluding carboxylic acids is 1. The van der Waals surface area contributed by atoms with Gasteiger partial charge in [0.25, 0.3) is 0 Å². The van der Waals surface area contributed by atoms with Crippen LogP contribution in [-0.2, 0) is 23.1 Å². The van der Waals surface area contributed by atoms with E-state index in [9.17, 15) is 9.90 Å². The predicted molar refractivity (Wildman–Crippen MR) is 166 cm³/mol. The number of aliphatic hydroxyl groups is 1. The van der Waals surface area contributed by atoms with E-state index in [1.54, 1.807) is 7.11 Å². The fraction of sp³-hybridized carbons (Fsp3) is 0.472. The maximum absolute atomic E-state index is 13.7. The summed E-state index contributed by atoms with van der Waals surface area (Å²) in [7, 11) is 1.62. The van der Waals surface area contributed by atoms with Crippen molar-refractivity contribution < 1.29 is 14.6 Å². The van der Waals surface area contributed by atoms with Gasteiger partial charge in [-0.25, -0.2) is 0 Å². The topological polar surface area (TPSA) is 70.6 Å². The zero-order chi connectivity index (χ0) is 29.2. The standard InChI is InChI=1S/C36H46N2O3/c1-24(2)26-12-18-30-27(23-26)13-19-32-35(30,3)20-9-21-36(32,4)34(40)38-31(22-25-10-7-6-8-11-25)33(39)37-28-14-16-29(41-5)17-15-28/h6-8,10-12,14-18,23-24,31-32,34,38,40H,9,13,19-22H2,1-5H3,(H,37,39)/t31-,32?,34?,35-,36-/m1/s1. The van der Waals surface area contributed by atoms with Crippen LogP contribution in [0.15, 0.2) is 72.8 Å². The van der Waals surface area contributed by atoms with Gasteiger partial charge in [-0.3, -0.25) is 10.1 Å². The first-order chi connectivity index (χ1) is 19.6. The number of nitrogens with one attached hydrogen (secondary N) is 2. The molecule has 0 heterocycles. The lowest BCUT2D eigenvalue weighted by Crippen LogP contribution is -2.60. The highest BCUT2D eigenvalue weighted by Crippen LogP contribution is 2.58. The van der Waals surface area contributed by atoms with Crippen LogP contribution in [0.1, 0.15) is 81.5 Å². The van der Waals surface area contributed by atoms with Gasteiger partial charge in [-0.2, -0.15) is 0 Å². The zero-order valence-electron chi connectivity index (χ0n) is 25.2. The van der Waals surface area contributed by atoms with Gasteiger partial charge >= 0.3 is 0 Å². The number of amides is 1. The van der Waals surface area contributed by atoms with Gasteiger partial charge in [0.15, 0.2) is 0 Å².